The van der Waals surface area contributed by atoms with Crippen LogP contribution >= 0.6 is 0 Å². The molecule has 0 unspecified atom stereocenters. The van der Waals surface area contributed by atoms with E-state index in [-0.39, 0.29) is 0 Å². The fourth-order valence-corrected chi connectivity index (χ4v) is 1.37. The zero-order valence-corrected chi connectivity index (χ0v) is 9.27. The van der Waals surface area contributed by atoms with Gasteiger partial charge in [-0.05, 0) is 6.08 Å². The second-order valence-corrected chi connectivity index (χ2v) is 4.36. The van der Waals surface area contributed by atoms with Crippen LogP contribution in [0.15, 0.2) is 19.0 Å². The van der Waals surface area contributed by atoms with Gasteiger partial charge in [-0.15, -0.1) is 3.63 Å². The van der Waals surface area contributed by atoms with Crippen molar-refractivity contribution in [2.24, 2.45) is 0 Å². The first-order chi connectivity index (χ1) is 7.14. The van der Waals surface area contributed by atoms with Crippen molar-refractivity contribution in [3.05, 3.63) is 24.8 Å². The quantitative estimate of drug-likeness (QED) is 0.633. The van der Waals surface area contributed by atoms with Crippen LogP contribution in [0.3, 0.4) is 0 Å². The maximum atomic E-state index is 9.44. The Kier molecular flexibility index (Phi) is 5.26. The molecule has 0 saturated heterocycles. The van der Waals surface area contributed by atoms with Crippen molar-refractivity contribution < 1.29 is 29.6 Å². The van der Waals surface area contributed by atoms with Gasteiger partial charge in [0.25, 0.3) is 0 Å². The lowest BCUT2D eigenvalue weighted by atomic mass is 10.6. The van der Waals surface area contributed by atoms with Crippen LogP contribution in [0.25, 0.3) is 6.08 Å². The van der Waals surface area contributed by atoms with Gasteiger partial charge in [0.15, 0.2) is 0 Å². The summed E-state index contributed by atoms with van der Waals surface area (Å²) in [7, 11) is -10.2. The standard InChI is InChI=1S/C5H6N2.H2O7S2/c1-2-5-6-3-4-7-5;1-8(2,3)7-9(4,5)6/h2-4H,1H2,(H,6,7);(H,1,2,3)(H,4,5,6). The van der Waals surface area contributed by atoms with Gasteiger partial charge in [0.1, 0.15) is 5.82 Å². The molecule has 1 rings (SSSR count). The third-order valence-corrected chi connectivity index (χ3v) is 2.26. The molecular weight excluding hydrogens is 264 g/mol. The SMILES string of the molecule is C=Cc1ncc[nH]1.O=S(=O)(O)OS(=O)(=O)O. The molecule has 0 aliphatic heterocycles. The van der Waals surface area contributed by atoms with E-state index < -0.39 is 20.8 Å². The van der Waals surface area contributed by atoms with Crippen molar-refractivity contribution in [2.75, 3.05) is 0 Å². The van der Waals surface area contributed by atoms with Gasteiger partial charge < -0.3 is 4.98 Å². The minimum absolute atomic E-state index is 0.819. The van der Waals surface area contributed by atoms with Gasteiger partial charge in [-0.1, -0.05) is 6.58 Å². The molecule has 11 heteroatoms. The lowest BCUT2D eigenvalue weighted by Crippen LogP contribution is -2.10. The molecule has 0 spiro atoms. The maximum absolute atomic E-state index is 9.44. The molecule has 16 heavy (non-hydrogen) atoms. The molecule has 9 nitrogen and oxygen atoms in total. The second kappa shape index (κ2) is 5.72. The molecule has 1 aromatic rings. The van der Waals surface area contributed by atoms with E-state index in [1.54, 1.807) is 18.5 Å². The van der Waals surface area contributed by atoms with E-state index in [0.717, 1.165) is 5.82 Å². The van der Waals surface area contributed by atoms with Gasteiger partial charge in [-0.25, -0.2) is 4.98 Å². The molecule has 0 aliphatic rings. The van der Waals surface area contributed by atoms with Crippen LogP contribution in [0.4, 0.5) is 0 Å². The van der Waals surface area contributed by atoms with Gasteiger partial charge in [-0.2, -0.15) is 16.8 Å². The molecule has 0 atom stereocenters. The smallest absolute Gasteiger partial charge is 0.345 e. The van der Waals surface area contributed by atoms with Crippen LogP contribution in [0.5, 0.6) is 0 Å². The van der Waals surface area contributed by atoms with E-state index in [1.807, 2.05) is 0 Å². The molecule has 1 heterocycles. The topological polar surface area (TPSA) is 147 Å². The molecule has 0 radical (unpaired) electrons. The molecule has 0 aromatic carbocycles. The number of aromatic amines is 1. The van der Waals surface area contributed by atoms with Crippen LogP contribution in [-0.4, -0.2) is 35.9 Å². The highest BCUT2D eigenvalue weighted by molar-refractivity contribution is 7.94. The lowest BCUT2D eigenvalue weighted by Gasteiger charge is -1.89. The predicted molar refractivity (Wildman–Crippen MR) is 52.9 cm³/mol. The molecule has 0 fully saturated rings. The van der Waals surface area contributed by atoms with Crippen LogP contribution < -0.4 is 0 Å². The molecule has 0 amide bonds. The third-order valence-electron chi connectivity index (χ3n) is 0.885. The van der Waals surface area contributed by atoms with Gasteiger partial charge in [0.2, 0.25) is 0 Å². The molecule has 0 bridgehead atoms. The highest BCUT2D eigenvalue weighted by Crippen LogP contribution is 1.91. The molecule has 0 saturated carbocycles. The fraction of sp³-hybridized carbons (Fsp3) is 0. The lowest BCUT2D eigenvalue weighted by molar-refractivity contribution is 0.344. The van der Waals surface area contributed by atoms with E-state index in [1.165, 1.54) is 0 Å². The van der Waals surface area contributed by atoms with Crippen molar-refractivity contribution in [1.29, 1.82) is 0 Å². The fourth-order valence-electron chi connectivity index (χ4n) is 0.498. The Bertz CT molecular complexity index is 485. The van der Waals surface area contributed by atoms with Crippen LogP contribution in [0, 0.1) is 0 Å². The Morgan fingerprint density at radius 2 is 1.81 bits per heavy atom. The van der Waals surface area contributed by atoms with Crippen LogP contribution in [-0.2, 0) is 24.4 Å². The number of nitrogens with zero attached hydrogens (tertiary/aromatic N) is 1. The van der Waals surface area contributed by atoms with Crippen molar-refractivity contribution >= 4 is 26.9 Å². The molecule has 3 N–H and O–H groups in total. The number of imidazole rings is 1. The van der Waals surface area contributed by atoms with E-state index >= 15 is 0 Å². The normalized spacial score (nSPS) is 11.4. The summed E-state index contributed by atoms with van der Waals surface area (Å²) >= 11 is 0. The van der Waals surface area contributed by atoms with Crippen LogP contribution in [0.1, 0.15) is 5.82 Å². The minimum atomic E-state index is -5.12. The van der Waals surface area contributed by atoms with Crippen molar-refractivity contribution in [3.8, 4) is 0 Å². The number of hydrogen-bond acceptors (Lipinski definition) is 6. The van der Waals surface area contributed by atoms with Gasteiger partial charge in [0.05, 0.1) is 0 Å². The minimum Gasteiger partial charge on any atom is -0.345 e. The highest BCUT2D eigenvalue weighted by Gasteiger charge is 2.15. The summed E-state index contributed by atoms with van der Waals surface area (Å²) < 4.78 is 55.6. The number of H-pyrrole nitrogens is 1. The Morgan fingerprint density at radius 1 is 1.31 bits per heavy atom. The highest BCUT2D eigenvalue weighted by atomic mass is 32.3. The predicted octanol–water partition coefficient (Wildman–Crippen LogP) is -0.339. The Balaban J connectivity index is 0.000000288. The molecule has 92 valence electrons. The number of aromatic nitrogens is 2. The first-order valence-electron chi connectivity index (χ1n) is 3.42. The van der Waals surface area contributed by atoms with E-state index in [0.29, 0.717) is 0 Å². The number of rotatable bonds is 3. The zero-order valence-electron chi connectivity index (χ0n) is 7.64. The van der Waals surface area contributed by atoms with Crippen LogP contribution in [0.2, 0.25) is 0 Å². The average molecular weight is 272 g/mol. The number of nitrogens with one attached hydrogen (secondary N) is 1. The van der Waals surface area contributed by atoms with Crippen molar-refractivity contribution in [3.63, 3.8) is 0 Å². The van der Waals surface area contributed by atoms with E-state index in [9.17, 15) is 16.8 Å². The molecular formula is C5H8N2O7S2. The molecule has 1 aromatic heterocycles. The average Bonchev–Trinajstić information content (AvgIpc) is 2.48. The summed E-state index contributed by atoms with van der Waals surface area (Å²) in [4.78, 5) is 6.72. The second-order valence-electron chi connectivity index (χ2n) is 2.10. The summed E-state index contributed by atoms with van der Waals surface area (Å²) in [5.41, 5.74) is 0. The maximum Gasteiger partial charge on any atom is 0.413 e. The molecule has 0 aliphatic carbocycles. The van der Waals surface area contributed by atoms with Crippen molar-refractivity contribution in [2.45, 2.75) is 0 Å². The summed E-state index contributed by atoms with van der Waals surface area (Å²) in [5.74, 6) is 0.819. The summed E-state index contributed by atoms with van der Waals surface area (Å²) in [6.07, 6.45) is 5.12. The number of hydrogen-bond donors (Lipinski definition) is 3. The van der Waals surface area contributed by atoms with Gasteiger partial charge in [-0.3, -0.25) is 9.11 Å². The largest absolute Gasteiger partial charge is 0.413 e. The monoisotopic (exact) mass is 272 g/mol. The zero-order chi connectivity index (χ0) is 12.8. The third kappa shape index (κ3) is 9.29. The van der Waals surface area contributed by atoms with Gasteiger partial charge in [0, 0.05) is 12.4 Å². The Hall–Kier alpha value is -1.27. The van der Waals surface area contributed by atoms with E-state index in [4.69, 9.17) is 9.11 Å². The summed E-state index contributed by atoms with van der Waals surface area (Å²) in [5, 5.41) is 0. The Morgan fingerprint density at radius 3 is 1.94 bits per heavy atom. The summed E-state index contributed by atoms with van der Waals surface area (Å²) in [6.45, 7) is 3.51. The first-order valence-corrected chi connectivity index (χ1v) is 6.15. The Labute approximate surface area is 91.7 Å². The van der Waals surface area contributed by atoms with E-state index in [2.05, 4.69) is 20.2 Å². The first kappa shape index (κ1) is 14.7. The van der Waals surface area contributed by atoms with Crippen molar-refractivity contribution in [1.82, 2.24) is 9.97 Å². The summed E-state index contributed by atoms with van der Waals surface area (Å²) in [6, 6.07) is 0. The van der Waals surface area contributed by atoms with Gasteiger partial charge >= 0.3 is 20.8 Å².